The SMILES string of the molecule is CC12COC(C(F)(F)F)N1C(=O)C(C(=O)NC13CC4CC(CC(C4)C1)C3)C2=O. The lowest BCUT2D eigenvalue weighted by Gasteiger charge is -2.57. The van der Waals surface area contributed by atoms with Crippen molar-refractivity contribution >= 4 is 17.6 Å². The van der Waals surface area contributed by atoms with Crippen molar-refractivity contribution in [3.63, 3.8) is 0 Å². The fourth-order valence-corrected chi connectivity index (χ4v) is 6.82. The molecule has 2 amide bonds. The standard InChI is InChI=1S/C19H23F3N2O4/c1-17-8-28-16(19(20,21)22)24(17)15(27)12(13(17)25)14(26)23-18-5-9-2-10(6-18)4-11(3-9)7-18/h9-12,16H,2-8H2,1H3,(H,23,26). The van der Waals surface area contributed by atoms with Crippen LogP contribution in [0.3, 0.4) is 0 Å². The Balaban J connectivity index is 1.39. The van der Waals surface area contributed by atoms with Gasteiger partial charge in [-0.15, -0.1) is 0 Å². The molecule has 2 saturated heterocycles. The molecule has 4 bridgehead atoms. The van der Waals surface area contributed by atoms with E-state index in [4.69, 9.17) is 4.74 Å². The fraction of sp³-hybridized carbons (Fsp3) is 0.842. The minimum absolute atomic E-state index is 0.416. The van der Waals surface area contributed by atoms with Crippen LogP contribution in [0, 0.1) is 23.7 Å². The Morgan fingerprint density at radius 2 is 1.64 bits per heavy atom. The first kappa shape index (κ1) is 18.4. The third kappa shape index (κ3) is 2.40. The number of amides is 2. The Labute approximate surface area is 160 Å². The number of nitrogens with zero attached hydrogens (tertiary/aromatic N) is 1. The van der Waals surface area contributed by atoms with Crippen LogP contribution in [-0.4, -0.2) is 52.6 Å². The van der Waals surface area contributed by atoms with Gasteiger partial charge in [0.25, 0.3) is 0 Å². The van der Waals surface area contributed by atoms with Crippen molar-refractivity contribution in [2.45, 2.75) is 68.9 Å². The van der Waals surface area contributed by atoms with Crippen molar-refractivity contribution in [3.8, 4) is 0 Å². The number of rotatable bonds is 2. The summed E-state index contributed by atoms with van der Waals surface area (Å²) in [6.07, 6.45) is -1.34. The first-order valence-electron chi connectivity index (χ1n) is 9.90. The van der Waals surface area contributed by atoms with Gasteiger partial charge in [0, 0.05) is 5.54 Å². The van der Waals surface area contributed by atoms with Gasteiger partial charge in [0.1, 0.15) is 5.54 Å². The second kappa shape index (κ2) is 5.49. The Morgan fingerprint density at radius 3 is 2.14 bits per heavy atom. The van der Waals surface area contributed by atoms with Gasteiger partial charge >= 0.3 is 6.18 Å². The van der Waals surface area contributed by atoms with Crippen LogP contribution in [0.4, 0.5) is 13.2 Å². The van der Waals surface area contributed by atoms with Gasteiger partial charge in [-0.25, -0.2) is 0 Å². The van der Waals surface area contributed by atoms with E-state index in [1.807, 2.05) is 0 Å². The molecule has 6 nitrogen and oxygen atoms in total. The van der Waals surface area contributed by atoms with Gasteiger partial charge in [0.2, 0.25) is 18.0 Å². The topological polar surface area (TPSA) is 75.7 Å². The number of halogens is 3. The summed E-state index contributed by atoms with van der Waals surface area (Å²) in [6.45, 7) is 0.694. The molecule has 0 aromatic rings. The average molecular weight is 400 g/mol. The molecular weight excluding hydrogens is 377 g/mol. The van der Waals surface area contributed by atoms with Gasteiger partial charge in [0.15, 0.2) is 11.7 Å². The summed E-state index contributed by atoms with van der Waals surface area (Å²) >= 11 is 0. The Kier molecular flexibility index (Phi) is 3.61. The zero-order valence-electron chi connectivity index (χ0n) is 15.6. The maximum atomic E-state index is 13.3. The average Bonchev–Trinajstić information content (AvgIpc) is 2.99. The van der Waals surface area contributed by atoms with E-state index in [-0.39, 0.29) is 0 Å². The summed E-state index contributed by atoms with van der Waals surface area (Å²) < 4.78 is 44.5. The minimum atomic E-state index is -4.82. The van der Waals surface area contributed by atoms with E-state index < -0.39 is 53.6 Å². The molecule has 4 aliphatic carbocycles. The van der Waals surface area contributed by atoms with Gasteiger partial charge in [-0.3, -0.25) is 19.3 Å². The maximum Gasteiger partial charge on any atom is 0.433 e. The third-order valence-electron chi connectivity index (χ3n) is 7.53. The predicted octanol–water partition coefficient (Wildman–Crippen LogP) is 1.78. The highest BCUT2D eigenvalue weighted by atomic mass is 19.4. The quantitative estimate of drug-likeness (QED) is 0.717. The first-order valence-corrected chi connectivity index (χ1v) is 9.90. The molecule has 0 spiro atoms. The number of hydrogen-bond acceptors (Lipinski definition) is 4. The predicted molar refractivity (Wildman–Crippen MR) is 88.6 cm³/mol. The zero-order valence-corrected chi connectivity index (χ0v) is 15.6. The van der Waals surface area contributed by atoms with Crippen molar-refractivity contribution in [2.75, 3.05) is 6.61 Å². The normalized spacial score (nSPS) is 47.0. The number of ether oxygens (including phenoxy) is 1. The third-order valence-corrected chi connectivity index (χ3v) is 7.53. The highest BCUT2D eigenvalue weighted by Crippen LogP contribution is 2.56. The van der Waals surface area contributed by atoms with Gasteiger partial charge in [-0.2, -0.15) is 13.2 Å². The van der Waals surface area contributed by atoms with Gasteiger partial charge in [0.05, 0.1) is 6.61 Å². The van der Waals surface area contributed by atoms with Crippen molar-refractivity contribution in [2.24, 2.45) is 23.7 Å². The number of Topliss-reactive ketones (excluding diaryl/α,β-unsaturated/α-hetero) is 1. The van der Waals surface area contributed by atoms with Crippen LogP contribution in [0.2, 0.25) is 0 Å². The summed E-state index contributed by atoms with van der Waals surface area (Å²) in [7, 11) is 0. The highest BCUT2D eigenvalue weighted by molar-refractivity contribution is 6.25. The van der Waals surface area contributed by atoms with E-state index in [0.29, 0.717) is 22.7 Å². The lowest BCUT2D eigenvalue weighted by Crippen LogP contribution is -2.61. The molecule has 6 fully saturated rings. The second-order valence-electron chi connectivity index (χ2n) is 9.67. The summed E-state index contributed by atoms with van der Waals surface area (Å²) in [6, 6.07) is 0. The second-order valence-corrected chi connectivity index (χ2v) is 9.67. The van der Waals surface area contributed by atoms with Crippen LogP contribution in [0.5, 0.6) is 0 Å². The number of ketones is 1. The van der Waals surface area contributed by atoms with Gasteiger partial charge in [-0.1, -0.05) is 0 Å². The zero-order chi connectivity index (χ0) is 20.1. The monoisotopic (exact) mass is 400 g/mol. The lowest BCUT2D eigenvalue weighted by atomic mass is 9.53. The molecule has 28 heavy (non-hydrogen) atoms. The van der Waals surface area contributed by atoms with Crippen molar-refractivity contribution in [3.05, 3.63) is 0 Å². The molecule has 154 valence electrons. The van der Waals surface area contributed by atoms with Crippen LogP contribution in [0.15, 0.2) is 0 Å². The summed E-state index contributed by atoms with van der Waals surface area (Å²) in [4.78, 5) is 39.0. The molecule has 0 radical (unpaired) electrons. The van der Waals surface area contributed by atoms with Crippen molar-refractivity contribution < 1.29 is 32.3 Å². The molecular formula is C19H23F3N2O4. The number of carbonyl (C=O) groups excluding carboxylic acids is 3. The van der Waals surface area contributed by atoms with Crippen LogP contribution in [0.1, 0.15) is 45.4 Å². The number of hydrogen-bond donors (Lipinski definition) is 1. The van der Waals surface area contributed by atoms with Gasteiger partial charge < -0.3 is 10.1 Å². The minimum Gasteiger partial charge on any atom is -0.350 e. The van der Waals surface area contributed by atoms with E-state index in [9.17, 15) is 27.6 Å². The molecule has 3 atom stereocenters. The highest BCUT2D eigenvalue weighted by Gasteiger charge is 2.69. The molecule has 6 aliphatic rings. The molecule has 0 aromatic carbocycles. The number of alkyl halides is 3. The number of fused-ring (bicyclic) bond motifs is 1. The fourth-order valence-electron chi connectivity index (χ4n) is 6.82. The molecule has 3 unspecified atom stereocenters. The Hall–Kier alpha value is -1.64. The summed E-state index contributed by atoms with van der Waals surface area (Å²) in [5.74, 6) is -2.72. The van der Waals surface area contributed by atoms with E-state index in [1.165, 1.54) is 6.92 Å². The number of nitrogens with one attached hydrogen (secondary N) is 1. The molecule has 0 aromatic heterocycles. The number of carbonyl (C=O) groups is 3. The van der Waals surface area contributed by atoms with Gasteiger partial charge in [-0.05, 0) is 63.2 Å². The molecule has 9 heteroatoms. The van der Waals surface area contributed by atoms with Crippen LogP contribution in [0.25, 0.3) is 0 Å². The largest absolute Gasteiger partial charge is 0.433 e. The maximum absolute atomic E-state index is 13.3. The Bertz CT molecular complexity index is 731. The Morgan fingerprint density at radius 1 is 1.11 bits per heavy atom. The van der Waals surface area contributed by atoms with E-state index in [1.54, 1.807) is 0 Å². The van der Waals surface area contributed by atoms with E-state index in [2.05, 4.69) is 5.32 Å². The van der Waals surface area contributed by atoms with Crippen LogP contribution in [-0.2, 0) is 19.1 Å². The lowest BCUT2D eigenvalue weighted by molar-refractivity contribution is -0.239. The molecule has 2 heterocycles. The van der Waals surface area contributed by atoms with Crippen molar-refractivity contribution in [1.82, 2.24) is 10.2 Å². The first-order chi connectivity index (χ1) is 13.0. The van der Waals surface area contributed by atoms with Crippen molar-refractivity contribution in [1.29, 1.82) is 0 Å². The molecule has 6 rings (SSSR count). The van der Waals surface area contributed by atoms with Crippen LogP contribution >= 0.6 is 0 Å². The molecule has 1 N–H and O–H groups in total. The summed E-state index contributed by atoms with van der Waals surface area (Å²) in [5, 5.41) is 2.96. The molecule has 4 saturated carbocycles. The summed E-state index contributed by atoms with van der Waals surface area (Å²) in [5.41, 5.74) is -2.17. The smallest absolute Gasteiger partial charge is 0.350 e. The molecule has 2 aliphatic heterocycles. The van der Waals surface area contributed by atoms with Crippen LogP contribution < -0.4 is 5.32 Å². The van der Waals surface area contributed by atoms with E-state index >= 15 is 0 Å². The van der Waals surface area contributed by atoms with E-state index in [0.717, 1.165) is 38.5 Å².